The molecule has 0 aromatic heterocycles. The highest BCUT2D eigenvalue weighted by Gasteiger charge is 2.33. The highest BCUT2D eigenvalue weighted by Crippen LogP contribution is 2.30. The van der Waals surface area contributed by atoms with Gasteiger partial charge in [0.2, 0.25) is 15.9 Å². The molecule has 0 fully saturated rings. The third-order valence-corrected chi connectivity index (χ3v) is 10.4. The van der Waals surface area contributed by atoms with Crippen LogP contribution < -0.4 is 9.46 Å². The van der Waals surface area contributed by atoms with Gasteiger partial charge >= 0.3 is 0 Å². The van der Waals surface area contributed by atoms with Gasteiger partial charge in [-0.3, -0.25) is 9.52 Å². The van der Waals surface area contributed by atoms with Crippen molar-refractivity contribution in [2.24, 2.45) is 5.92 Å². The van der Waals surface area contributed by atoms with Gasteiger partial charge in [0.15, 0.2) is 0 Å². The number of halogens is 1. The van der Waals surface area contributed by atoms with Crippen molar-refractivity contribution in [3.05, 3.63) is 84.2 Å². The Balaban J connectivity index is 1.68. The Kier molecular flexibility index (Phi) is 9.56. The molecule has 0 saturated carbocycles. The second-order valence-corrected chi connectivity index (χ2v) is 14.1. The number of benzene rings is 3. The molecule has 3 aromatic rings. The monoisotopic (exact) mass is 619 g/mol. The zero-order chi connectivity index (χ0) is 30.7. The lowest BCUT2D eigenvalue weighted by Gasteiger charge is -2.33. The minimum absolute atomic E-state index is 0.0354. The molecule has 0 saturated heterocycles. The van der Waals surface area contributed by atoms with E-state index in [-0.39, 0.29) is 53.4 Å². The van der Waals surface area contributed by atoms with Crippen molar-refractivity contribution in [2.75, 3.05) is 31.5 Å². The first-order valence-electron chi connectivity index (χ1n) is 13.3. The molecule has 2 N–H and O–H groups in total. The van der Waals surface area contributed by atoms with Gasteiger partial charge in [0.05, 0.1) is 35.4 Å². The number of aliphatic hydroxyl groups is 1. The van der Waals surface area contributed by atoms with E-state index in [1.54, 1.807) is 25.1 Å². The van der Waals surface area contributed by atoms with E-state index in [1.165, 1.54) is 46.6 Å². The molecule has 13 heteroatoms. The summed E-state index contributed by atoms with van der Waals surface area (Å²) in [5.74, 6) is -0.931. The van der Waals surface area contributed by atoms with Crippen molar-refractivity contribution in [3.63, 3.8) is 0 Å². The predicted molar refractivity (Wildman–Crippen MR) is 155 cm³/mol. The van der Waals surface area contributed by atoms with Crippen LogP contribution in [-0.4, -0.2) is 75.9 Å². The number of anilines is 1. The van der Waals surface area contributed by atoms with Crippen LogP contribution in [0.25, 0.3) is 0 Å². The SMILES string of the molecule is C[C@H]1CN([C@@H](C)CO)C(=O)Cc2cc(NS(=O)(=O)c3ccc(F)cc3)ccc2O[C@@H]1CN(C)S(=O)(=O)c1ccccc1. The van der Waals surface area contributed by atoms with Crippen molar-refractivity contribution < 1.29 is 35.9 Å². The molecule has 0 unspecified atom stereocenters. The molecular formula is C29H34FN3O7S2. The number of carbonyl (C=O) groups is 1. The molecule has 1 aliphatic rings. The van der Waals surface area contributed by atoms with E-state index in [9.17, 15) is 31.1 Å². The largest absolute Gasteiger partial charge is 0.488 e. The maximum Gasteiger partial charge on any atom is 0.261 e. The predicted octanol–water partition coefficient (Wildman–Crippen LogP) is 3.10. The third-order valence-electron chi connectivity index (χ3n) is 7.18. The Morgan fingerprint density at radius 1 is 1.05 bits per heavy atom. The van der Waals surface area contributed by atoms with E-state index in [4.69, 9.17) is 4.74 Å². The molecule has 0 spiro atoms. The first-order chi connectivity index (χ1) is 19.8. The molecular weight excluding hydrogens is 585 g/mol. The molecule has 226 valence electrons. The average Bonchev–Trinajstić information content (AvgIpc) is 3.00. The number of hydrogen-bond acceptors (Lipinski definition) is 7. The molecule has 1 heterocycles. The topological polar surface area (TPSA) is 133 Å². The molecule has 1 aliphatic heterocycles. The van der Waals surface area contributed by atoms with Gasteiger partial charge in [-0.05, 0) is 61.5 Å². The summed E-state index contributed by atoms with van der Waals surface area (Å²) in [6.07, 6.45) is -0.850. The Labute approximate surface area is 245 Å². The Hall–Kier alpha value is -3.52. The molecule has 4 rings (SSSR count). The summed E-state index contributed by atoms with van der Waals surface area (Å²) in [5, 5.41) is 9.85. The summed E-state index contributed by atoms with van der Waals surface area (Å²) in [7, 11) is -6.44. The number of hydrogen-bond donors (Lipinski definition) is 2. The summed E-state index contributed by atoms with van der Waals surface area (Å²) < 4.78 is 75.6. The van der Waals surface area contributed by atoms with Crippen LogP contribution >= 0.6 is 0 Å². The number of nitrogens with one attached hydrogen (secondary N) is 1. The van der Waals surface area contributed by atoms with Crippen LogP contribution in [0.4, 0.5) is 10.1 Å². The molecule has 42 heavy (non-hydrogen) atoms. The van der Waals surface area contributed by atoms with Crippen LogP contribution in [0.3, 0.4) is 0 Å². The minimum atomic E-state index is -4.06. The Morgan fingerprint density at radius 2 is 1.71 bits per heavy atom. The molecule has 3 aromatic carbocycles. The van der Waals surface area contributed by atoms with Crippen LogP contribution in [0.2, 0.25) is 0 Å². The van der Waals surface area contributed by atoms with Crippen molar-refractivity contribution in [1.29, 1.82) is 0 Å². The maximum absolute atomic E-state index is 13.4. The van der Waals surface area contributed by atoms with Crippen molar-refractivity contribution in [3.8, 4) is 5.75 Å². The highest BCUT2D eigenvalue weighted by molar-refractivity contribution is 7.92. The van der Waals surface area contributed by atoms with E-state index >= 15 is 0 Å². The summed E-state index contributed by atoms with van der Waals surface area (Å²) >= 11 is 0. The zero-order valence-corrected chi connectivity index (χ0v) is 25.1. The lowest BCUT2D eigenvalue weighted by Crippen LogP contribution is -2.48. The van der Waals surface area contributed by atoms with E-state index < -0.39 is 38.0 Å². The van der Waals surface area contributed by atoms with E-state index in [0.717, 1.165) is 24.3 Å². The van der Waals surface area contributed by atoms with Gasteiger partial charge in [0.25, 0.3) is 10.0 Å². The van der Waals surface area contributed by atoms with Crippen LogP contribution in [0.15, 0.2) is 82.6 Å². The van der Waals surface area contributed by atoms with Gasteiger partial charge in [-0.2, -0.15) is 4.31 Å². The number of nitrogens with zero attached hydrogens (tertiary/aromatic N) is 2. The normalized spacial score (nSPS) is 18.8. The highest BCUT2D eigenvalue weighted by atomic mass is 32.2. The number of fused-ring (bicyclic) bond motifs is 1. The van der Waals surface area contributed by atoms with Gasteiger partial charge < -0.3 is 14.7 Å². The minimum Gasteiger partial charge on any atom is -0.488 e. The smallest absolute Gasteiger partial charge is 0.261 e. The van der Waals surface area contributed by atoms with Crippen LogP contribution in [0, 0.1) is 11.7 Å². The quantitative estimate of drug-likeness (QED) is 0.376. The number of rotatable bonds is 9. The molecule has 0 aliphatic carbocycles. The number of amides is 1. The maximum atomic E-state index is 13.4. The number of ether oxygens (including phenoxy) is 1. The first kappa shape index (κ1) is 31.4. The Morgan fingerprint density at radius 3 is 2.36 bits per heavy atom. The third kappa shape index (κ3) is 7.09. The lowest BCUT2D eigenvalue weighted by atomic mass is 10.0. The van der Waals surface area contributed by atoms with E-state index in [2.05, 4.69) is 4.72 Å². The van der Waals surface area contributed by atoms with Crippen LogP contribution in [0.5, 0.6) is 5.75 Å². The van der Waals surface area contributed by atoms with Gasteiger partial charge in [-0.15, -0.1) is 0 Å². The fraction of sp³-hybridized carbons (Fsp3) is 0.345. The number of sulfonamides is 2. The second kappa shape index (κ2) is 12.8. The van der Waals surface area contributed by atoms with Crippen LogP contribution in [-0.2, 0) is 31.3 Å². The molecule has 3 atom stereocenters. The lowest BCUT2D eigenvalue weighted by molar-refractivity contribution is -0.134. The molecule has 1 amide bonds. The summed E-state index contributed by atoms with van der Waals surface area (Å²) in [6, 6.07) is 16.3. The van der Waals surface area contributed by atoms with Gasteiger partial charge in [0.1, 0.15) is 17.7 Å². The second-order valence-electron chi connectivity index (χ2n) is 10.4. The fourth-order valence-corrected chi connectivity index (χ4v) is 6.92. The standard InChI is InChI=1S/C29H34FN3O7S2/c1-20-17-33(21(2)19-34)29(35)16-22-15-24(31-41(36,37)25-12-9-23(30)10-13-25)11-14-27(22)40-28(20)18-32(3)42(38,39)26-7-5-4-6-8-26/h4-15,20-21,28,31,34H,16-19H2,1-3H3/t20-,21-,28+/m0/s1. The first-order valence-corrected chi connectivity index (χ1v) is 16.2. The molecule has 0 bridgehead atoms. The van der Waals surface area contributed by atoms with Gasteiger partial charge in [-0.25, -0.2) is 21.2 Å². The number of aliphatic hydroxyl groups excluding tert-OH is 1. The fourth-order valence-electron chi connectivity index (χ4n) is 4.66. The van der Waals surface area contributed by atoms with E-state index in [0.29, 0.717) is 11.3 Å². The molecule has 10 nitrogen and oxygen atoms in total. The van der Waals surface area contributed by atoms with E-state index in [1.807, 2.05) is 6.92 Å². The van der Waals surface area contributed by atoms with Crippen molar-refractivity contribution in [2.45, 2.75) is 42.2 Å². The van der Waals surface area contributed by atoms with Gasteiger partial charge in [0, 0.05) is 30.8 Å². The van der Waals surface area contributed by atoms with Crippen molar-refractivity contribution >= 4 is 31.6 Å². The van der Waals surface area contributed by atoms with Crippen molar-refractivity contribution in [1.82, 2.24) is 9.21 Å². The van der Waals surface area contributed by atoms with Crippen LogP contribution in [0.1, 0.15) is 19.4 Å². The Bertz CT molecular complexity index is 1620. The summed E-state index contributed by atoms with van der Waals surface area (Å²) in [5.41, 5.74) is 0.533. The molecule has 0 radical (unpaired) electrons. The number of likely N-dealkylation sites (N-methyl/N-ethyl adjacent to an activating group) is 1. The summed E-state index contributed by atoms with van der Waals surface area (Å²) in [4.78, 5) is 14.9. The average molecular weight is 620 g/mol. The van der Waals surface area contributed by atoms with Gasteiger partial charge in [-0.1, -0.05) is 25.1 Å². The number of carbonyl (C=O) groups excluding carboxylic acids is 1. The summed E-state index contributed by atoms with van der Waals surface area (Å²) in [6.45, 7) is 3.43. The zero-order valence-electron chi connectivity index (χ0n) is 23.5.